The molecule has 0 atom stereocenters. The van der Waals surface area contributed by atoms with Crippen molar-refractivity contribution in [3.63, 3.8) is 0 Å². The van der Waals surface area contributed by atoms with Crippen molar-refractivity contribution in [3.05, 3.63) is 102 Å². The largest absolute Gasteiger partial charge is 0.416 e. The zero-order chi connectivity index (χ0) is 27.3. The Bertz CT molecular complexity index is 1540. The van der Waals surface area contributed by atoms with E-state index in [0.717, 1.165) is 22.4 Å². The van der Waals surface area contributed by atoms with E-state index in [-0.39, 0.29) is 30.1 Å². The van der Waals surface area contributed by atoms with Gasteiger partial charge in [0.05, 0.1) is 10.5 Å². The van der Waals surface area contributed by atoms with Crippen LogP contribution in [0, 0.1) is 0 Å². The van der Waals surface area contributed by atoms with Crippen molar-refractivity contribution >= 4 is 49.8 Å². The lowest BCUT2D eigenvalue weighted by Gasteiger charge is -2.24. The summed E-state index contributed by atoms with van der Waals surface area (Å²) >= 11 is 5.88. The number of hydrogen-bond donors (Lipinski definition) is 2. The SMILES string of the molecule is O=C(Nc1ccc(Cl)cc1)N(CCCNS(=O)(=O)c1cccc2ccccc12)c1cccc(C(F)(F)F)c1. The molecule has 0 aliphatic carbocycles. The second-order valence-corrected chi connectivity index (χ2v) is 10.5. The highest BCUT2D eigenvalue weighted by Crippen LogP contribution is 2.32. The Morgan fingerprint density at radius 2 is 1.58 bits per heavy atom. The van der Waals surface area contributed by atoms with Crippen LogP contribution < -0.4 is 14.9 Å². The molecule has 38 heavy (non-hydrogen) atoms. The van der Waals surface area contributed by atoms with E-state index in [1.54, 1.807) is 54.6 Å². The summed E-state index contributed by atoms with van der Waals surface area (Å²) in [6.07, 6.45) is -4.46. The molecule has 0 aliphatic heterocycles. The first-order valence-electron chi connectivity index (χ1n) is 11.5. The van der Waals surface area contributed by atoms with Gasteiger partial charge in [-0.1, -0.05) is 54.1 Å². The molecule has 2 amide bonds. The smallest absolute Gasteiger partial charge is 0.308 e. The number of alkyl halides is 3. The predicted octanol–water partition coefficient (Wildman–Crippen LogP) is 6.92. The highest BCUT2D eigenvalue weighted by Gasteiger charge is 2.31. The average Bonchev–Trinajstić information content (AvgIpc) is 2.89. The van der Waals surface area contributed by atoms with Crippen LogP contribution in [0.3, 0.4) is 0 Å². The maximum absolute atomic E-state index is 13.3. The minimum Gasteiger partial charge on any atom is -0.308 e. The molecule has 0 saturated heterocycles. The van der Waals surface area contributed by atoms with Crippen LogP contribution in [0.15, 0.2) is 95.9 Å². The fraction of sp³-hybridized carbons (Fsp3) is 0.148. The fourth-order valence-corrected chi connectivity index (χ4v) is 5.30. The summed E-state index contributed by atoms with van der Waals surface area (Å²) in [5.74, 6) is 0. The van der Waals surface area contributed by atoms with Crippen LogP contribution in [0.1, 0.15) is 12.0 Å². The van der Waals surface area contributed by atoms with Gasteiger partial charge in [0, 0.05) is 34.9 Å². The van der Waals surface area contributed by atoms with Gasteiger partial charge in [-0.3, -0.25) is 4.90 Å². The predicted molar refractivity (Wildman–Crippen MR) is 143 cm³/mol. The van der Waals surface area contributed by atoms with Crippen molar-refractivity contribution in [2.45, 2.75) is 17.5 Å². The molecule has 2 N–H and O–H groups in total. The van der Waals surface area contributed by atoms with Gasteiger partial charge in [0.25, 0.3) is 0 Å². The lowest BCUT2D eigenvalue weighted by molar-refractivity contribution is -0.137. The number of hydrogen-bond acceptors (Lipinski definition) is 3. The minimum absolute atomic E-state index is 0.0169. The summed E-state index contributed by atoms with van der Waals surface area (Å²) in [6, 6.07) is 22.0. The van der Waals surface area contributed by atoms with E-state index in [2.05, 4.69) is 10.0 Å². The van der Waals surface area contributed by atoms with Crippen molar-refractivity contribution in [1.29, 1.82) is 0 Å². The fourth-order valence-electron chi connectivity index (χ4n) is 3.87. The number of anilines is 2. The van der Waals surface area contributed by atoms with Crippen molar-refractivity contribution in [2.24, 2.45) is 0 Å². The maximum atomic E-state index is 13.3. The summed E-state index contributed by atoms with van der Waals surface area (Å²) in [5, 5.41) is 4.43. The van der Waals surface area contributed by atoms with Gasteiger partial charge in [-0.15, -0.1) is 0 Å². The van der Waals surface area contributed by atoms with Gasteiger partial charge in [-0.2, -0.15) is 13.2 Å². The molecular weight excluding hydrogens is 539 g/mol. The van der Waals surface area contributed by atoms with Crippen LogP contribution in [0.25, 0.3) is 10.8 Å². The lowest BCUT2D eigenvalue weighted by atomic mass is 10.1. The van der Waals surface area contributed by atoms with Crippen molar-refractivity contribution in [1.82, 2.24) is 4.72 Å². The summed E-state index contributed by atoms with van der Waals surface area (Å²) < 4.78 is 68.4. The zero-order valence-corrected chi connectivity index (χ0v) is 21.4. The Kier molecular flexibility index (Phi) is 8.25. The third-order valence-electron chi connectivity index (χ3n) is 5.72. The molecule has 0 aliphatic rings. The number of halogens is 4. The maximum Gasteiger partial charge on any atom is 0.416 e. The van der Waals surface area contributed by atoms with Gasteiger partial charge < -0.3 is 5.32 Å². The minimum atomic E-state index is -4.59. The molecule has 6 nitrogen and oxygen atoms in total. The van der Waals surface area contributed by atoms with Crippen LogP contribution in [0.4, 0.5) is 29.3 Å². The molecule has 0 radical (unpaired) electrons. The van der Waals surface area contributed by atoms with E-state index in [4.69, 9.17) is 11.6 Å². The van der Waals surface area contributed by atoms with E-state index >= 15 is 0 Å². The molecule has 11 heteroatoms. The van der Waals surface area contributed by atoms with Gasteiger partial charge in [0.1, 0.15) is 0 Å². The molecule has 0 spiro atoms. The van der Waals surface area contributed by atoms with Crippen molar-refractivity contribution in [2.75, 3.05) is 23.3 Å². The quantitative estimate of drug-likeness (QED) is 0.229. The van der Waals surface area contributed by atoms with Gasteiger partial charge >= 0.3 is 12.2 Å². The first-order chi connectivity index (χ1) is 18.0. The van der Waals surface area contributed by atoms with Crippen LogP contribution in [0.5, 0.6) is 0 Å². The third-order valence-corrected chi connectivity index (χ3v) is 7.49. The highest BCUT2D eigenvalue weighted by atomic mass is 35.5. The number of nitrogens with zero attached hydrogens (tertiary/aromatic N) is 1. The van der Waals surface area contributed by atoms with Crippen LogP contribution in [0.2, 0.25) is 5.02 Å². The number of sulfonamides is 1. The second-order valence-electron chi connectivity index (χ2n) is 8.37. The molecule has 198 valence electrons. The Hall–Kier alpha value is -3.60. The van der Waals surface area contributed by atoms with Gasteiger partial charge in [-0.25, -0.2) is 17.9 Å². The zero-order valence-electron chi connectivity index (χ0n) is 19.9. The topological polar surface area (TPSA) is 78.5 Å². The number of nitrogens with one attached hydrogen (secondary N) is 2. The van der Waals surface area contributed by atoms with Gasteiger partial charge in [-0.05, 0) is 60.3 Å². The first-order valence-corrected chi connectivity index (χ1v) is 13.4. The number of carbonyl (C=O) groups excluding carboxylic acids is 1. The average molecular weight is 562 g/mol. The number of amides is 2. The summed E-state index contributed by atoms with van der Waals surface area (Å²) in [7, 11) is -3.88. The number of carbonyl (C=O) groups is 1. The van der Waals surface area contributed by atoms with E-state index < -0.39 is 27.8 Å². The van der Waals surface area contributed by atoms with Crippen LogP contribution >= 0.6 is 11.6 Å². The third kappa shape index (κ3) is 6.63. The number of fused-ring (bicyclic) bond motifs is 1. The Balaban J connectivity index is 1.50. The van der Waals surface area contributed by atoms with E-state index in [0.29, 0.717) is 16.1 Å². The Labute approximate surface area is 223 Å². The molecule has 0 heterocycles. The number of benzene rings is 4. The molecule has 0 unspecified atom stereocenters. The van der Waals surface area contributed by atoms with Crippen LogP contribution in [-0.4, -0.2) is 27.5 Å². The van der Waals surface area contributed by atoms with E-state index in [9.17, 15) is 26.4 Å². The summed E-state index contributed by atoms with van der Waals surface area (Å²) in [5.41, 5.74) is -0.493. The van der Waals surface area contributed by atoms with Crippen LogP contribution in [-0.2, 0) is 16.2 Å². The number of rotatable bonds is 8. The molecule has 4 aromatic carbocycles. The van der Waals surface area contributed by atoms with E-state index in [1.165, 1.54) is 18.2 Å². The number of urea groups is 1. The summed E-state index contributed by atoms with van der Waals surface area (Å²) in [6.45, 7) is -0.103. The normalized spacial score (nSPS) is 11.9. The molecule has 0 fully saturated rings. The molecule has 4 aromatic rings. The second kappa shape index (κ2) is 11.4. The molecular formula is C27H23ClF3N3O3S. The van der Waals surface area contributed by atoms with Crippen molar-refractivity contribution < 1.29 is 26.4 Å². The van der Waals surface area contributed by atoms with Gasteiger partial charge in [0.2, 0.25) is 10.0 Å². The Morgan fingerprint density at radius 1 is 0.895 bits per heavy atom. The Morgan fingerprint density at radius 3 is 2.32 bits per heavy atom. The highest BCUT2D eigenvalue weighted by molar-refractivity contribution is 7.89. The van der Waals surface area contributed by atoms with E-state index in [1.807, 2.05) is 6.07 Å². The summed E-state index contributed by atoms with van der Waals surface area (Å²) in [4.78, 5) is 14.3. The first kappa shape index (κ1) is 27.4. The monoisotopic (exact) mass is 561 g/mol. The molecule has 4 rings (SSSR count). The van der Waals surface area contributed by atoms with Gasteiger partial charge in [0.15, 0.2) is 0 Å². The molecule has 0 bridgehead atoms. The standard InChI is InChI=1S/C27H23ClF3N3O3S/c28-21-12-14-22(15-13-21)33-26(35)34(23-9-4-8-20(18-23)27(29,30)31)17-5-16-32-38(36,37)25-11-3-7-19-6-1-2-10-24(19)25/h1-4,6-15,18,32H,5,16-17H2,(H,33,35). The molecule has 0 saturated carbocycles. The lowest BCUT2D eigenvalue weighted by Crippen LogP contribution is -2.37. The van der Waals surface area contributed by atoms with Crippen molar-refractivity contribution in [3.8, 4) is 0 Å². The molecule has 0 aromatic heterocycles.